The number of fused-ring (bicyclic) bond motifs is 1. The average Bonchev–Trinajstić information content (AvgIpc) is 3.31. The molecule has 0 fully saturated rings. The number of amides is 1. The molecule has 10 heteroatoms. The van der Waals surface area contributed by atoms with Gasteiger partial charge in [0.25, 0.3) is 5.91 Å². The molecule has 2 N–H and O–H groups in total. The van der Waals surface area contributed by atoms with Crippen LogP contribution < -0.4 is 10.6 Å². The molecule has 2 aromatic carbocycles. The molecule has 38 heavy (non-hydrogen) atoms. The van der Waals surface area contributed by atoms with Crippen LogP contribution in [0.3, 0.4) is 0 Å². The van der Waals surface area contributed by atoms with Gasteiger partial charge in [0.2, 0.25) is 0 Å². The summed E-state index contributed by atoms with van der Waals surface area (Å²) in [6.45, 7) is 3.31. The lowest BCUT2D eigenvalue weighted by molar-refractivity contribution is -0.131. The zero-order valence-electron chi connectivity index (χ0n) is 21.4. The number of methoxy groups -OCH3 is 1. The monoisotopic (exact) mass is 524 g/mol. The zero-order valence-corrected chi connectivity index (χ0v) is 21.4. The summed E-state index contributed by atoms with van der Waals surface area (Å²) in [5.41, 5.74) is 6.31. The number of alkyl halides is 3. The molecule has 198 valence electrons. The number of pyridine rings is 1. The van der Waals surface area contributed by atoms with E-state index in [4.69, 9.17) is 4.74 Å². The standard InChI is InChI=1S/C28H27F3N4O3/c1-16-12-19(6-7-21(16)26(36)32-3)24-14-34-25-23(33-10-9-28(29,30)31)13-20(15-35(24)25)18-5-8-22(17(2)11-18)27(37)38-4/h5-8,11-15,33H,9-10H2,1-4H3,(H,32,36). The Morgan fingerprint density at radius 2 is 1.63 bits per heavy atom. The predicted molar refractivity (Wildman–Crippen MR) is 139 cm³/mol. The fourth-order valence-electron chi connectivity index (χ4n) is 4.32. The molecule has 0 aliphatic carbocycles. The molecule has 0 aliphatic rings. The van der Waals surface area contributed by atoms with Crippen LogP contribution in [-0.4, -0.2) is 48.1 Å². The summed E-state index contributed by atoms with van der Waals surface area (Å²) in [7, 11) is 2.88. The lowest BCUT2D eigenvalue weighted by atomic mass is 10.0. The number of esters is 1. The molecular formula is C28H27F3N4O3. The molecule has 0 saturated heterocycles. The van der Waals surface area contributed by atoms with Crippen molar-refractivity contribution in [3.8, 4) is 22.4 Å². The number of ether oxygens (including phenoxy) is 1. The lowest BCUT2D eigenvalue weighted by Gasteiger charge is -2.14. The first kappa shape index (κ1) is 26.7. The molecule has 0 radical (unpaired) electrons. The second-order valence-electron chi connectivity index (χ2n) is 8.90. The van der Waals surface area contributed by atoms with Crippen LogP contribution in [0.15, 0.2) is 54.9 Å². The van der Waals surface area contributed by atoms with Gasteiger partial charge in [-0.05, 0) is 54.8 Å². The minimum Gasteiger partial charge on any atom is -0.465 e. The molecule has 0 atom stereocenters. The third kappa shape index (κ3) is 5.49. The summed E-state index contributed by atoms with van der Waals surface area (Å²) >= 11 is 0. The van der Waals surface area contributed by atoms with Gasteiger partial charge < -0.3 is 15.4 Å². The molecule has 0 aliphatic heterocycles. The van der Waals surface area contributed by atoms with Gasteiger partial charge in [-0.1, -0.05) is 18.2 Å². The fraction of sp³-hybridized carbons (Fsp3) is 0.250. The van der Waals surface area contributed by atoms with Gasteiger partial charge in [-0.2, -0.15) is 13.2 Å². The fourth-order valence-corrected chi connectivity index (χ4v) is 4.32. The number of halogens is 3. The number of benzene rings is 2. The van der Waals surface area contributed by atoms with Crippen LogP contribution in [0.2, 0.25) is 0 Å². The van der Waals surface area contributed by atoms with E-state index in [1.807, 2.05) is 29.7 Å². The van der Waals surface area contributed by atoms with Crippen LogP contribution in [0.1, 0.15) is 38.3 Å². The van der Waals surface area contributed by atoms with Crippen LogP contribution in [0, 0.1) is 13.8 Å². The Bertz CT molecular complexity index is 1530. The third-order valence-corrected chi connectivity index (χ3v) is 6.29. The molecule has 0 bridgehead atoms. The SMILES string of the molecule is CNC(=O)c1ccc(-c2cnc3c(NCCC(F)(F)F)cc(-c4ccc(C(=O)OC)c(C)c4)cn23)cc1C. The van der Waals surface area contributed by atoms with Gasteiger partial charge in [-0.3, -0.25) is 9.20 Å². The van der Waals surface area contributed by atoms with E-state index in [0.29, 0.717) is 39.3 Å². The number of carbonyl (C=O) groups is 2. The van der Waals surface area contributed by atoms with Gasteiger partial charge in [-0.15, -0.1) is 0 Å². The van der Waals surface area contributed by atoms with Gasteiger partial charge >= 0.3 is 12.1 Å². The van der Waals surface area contributed by atoms with Crippen molar-refractivity contribution in [2.75, 3.05) is 26.0 Å². The van der Waals surface area contributed by atoms with E-state index in [1.165, 1.54) is 7.11 Å². The number of hydrogen-bond acceptors (Lipinski definition) is 5. The molecule has 0 saturated carbocycles. The summed E-state index contributed by atoms with van der Waals surface area (Å²) in [5.74, 6) is -0.650. The minimum atomic E-state index is -4.30. The van der Waals surface area contributed by atoms with Crippen molar-refractivity contribution in [1.29, 1.82) is 0 Å². The summed E-state index contributed by atoms with van der Waals surface area (Å²) in [5, 5.41) is 5.50. The van der Waals surface area contributed by atoms with Gasteiger partial charge in [0.15, 0.2) is 5.65 Å². The van der Waals surface area contributed by atoms with E-state index >= 15 is 0 Å². The Morgan fingerprint density at radius 3 is 2.26 bits per heavy atom. The van der Waals surface area contributed by atoms with Gasteiger partial charge in [0.1, 0.15) is 0 Å². The summed E-state index contributed by atoms with van der Waals surface area (Å²) in [6.07, 6.45) is -1.80. The number of aromatic nitrogens is 2. The number of carbonyl (C=O) groups excluding carboxylic acids is 2. The molecule has 0 spiro atoms. The average molecular weight is 525 g/mol. The second-order valence-corrected chi connectivity index (χ2v) is 8.90. The van der Waals surface area contributed by atoms with E-state index < -0.39 is 18.6 Å². The van der Waals surface area contributed by atoms with Gasteiger partial charge in [-0.25, -0.2) is 9.78 Å². The third-order valence-electron chi connectivity index (χ3n) is 6.29. The Morgan fingerprint density at radius 1 is 0.974 bits per heavy atom. The van der Waals surface area contributed by atoms with Crippen LogP contribution in [-0.2, 0) is 4.74 Å². The van der Waals surface area contributed by atoms with E-state index in [-0.39, 0.29) is 12.5 Å². The van der Waals surface area contributed by atoms with Crippen molar-refractivity contribution in [3.63, 3.8) is 0 Å². The van der Waals surface area contributed by atoms with Gasteiger partial charge in [0, 0.05) is 36.5 Å². The number of nitrogens with zero attached hydrogens (tertiary/aromatic N) is 2. The number of rotatable bonds is 7. The zero-order chi connectivity index (χ0) is 27.6. The number of aryl methyl sites for hydroxylation is 2. The molecule has 7 nitrogen and oxygen atoms in total. The normalized spacial score (nSPS) is 11.4. The molecule has 2 aromatic heterocycles. The lowest BCUT2D eigenvalue weighted by Crippen LogP contribution is -2.18. The second kappa shape index (κ2) is 10.6. The molecule has 0 unspecified atom stereocenters. The van der Waals surface area contributed by atoms with Crippen molar-refractivity contribution >= 4 is 23.2 Å². The highest BCUT2D eigenvalue weighted by Gasteiger charge is 2.26. The molecule has 4 rings (SSSR count). The summed E-state index contributed by atoms with van der Waals surface area (Å²) < 4.78 is 45.2. The topological polar surface area (TPSA) is 84.7 Å². The number of hydrogen-bond donors (Lipinski definition) is 2. The first-order chi connectivity index (χ1) is 18.0. The van der Waals surface area contributed by atoms with Crippen LogP contribution in [0.4, 0.5) is 18.9 Å². The largest absolute Gasteiger partial charge is 0.465 e. The quantitative estimate of drug-likeness (QED) is 0.299. The van der Waals surface area contributed by atoms with Crippen molar-refractivity contribution in [1.82, 2.24) is 14.7 Å². The first-order valence-electron chi connectivity index (χ1n) is 11.9. The molecule has 1 amide bonds. The molecule has 4 aromatic rings. The van der Waals surface area contributed by atoms with Gasteiger partial charge in [0.05, 0.1) is 36.7 Å². The molecular weight excluding hydrogens is 497 g/mol. The maximum atomic E-state index is 12.8. The smallest absolute Gasteiger partial charge is 0.390 e. The first-order valence-corrected chi connectivity index (χ1v) is 11.9. The van der Waals surface area contributed by atoms with Crippen molar-refractivity contribution in [3.05, 3.63) is 77.1 Å². The Balaban J connectivity index is 1.84. The van der Waals surface area contributed by atoms with E-state index in [9.17, 15) is 22.8 Å². The number of anilines is 1. The highest BCUT2D eigenvalue weighted by atomic mass is 19.4. The Hall–Kier alpha value is -4.34. The van der Waals surface area contributed by atoms with Crippen LogP contribution in [0.25, 0.3) is 28.0 Å². The van der Waals surface area contributed by atoms with Crippen LogP contribution >= 0.6 is 0 Å². The van der Waals surface area contributed by atoms with Crippen molar-refractivity contribution in [2.45, 2.75) is 26.4 Å². The summed E-state index contributed by atoms with van der Waals surface area (Å²) in [6, 6.07) is 12.4. The van der Waals surface area contributed by atoms with E-state index in [2.05, 4.69) is 15.6 Å². The summed E-state index contributed by atoms with van der Waals surface area (Å²) in [4.78, 5) is 28.6. The van der Waals surface area contributed by atoms with Crippen molar-refractivity contribution in [2.24, 2.45) is 0 Å². The Kier molecular flexibility index (Phi) is 7.43. The number of nitrogens with one attached hydrogen (secondary N) is 2. The van der Waals surface area contributed by atoms with E-state index in [0.717, 1.165) is 16.7 Å². The maximum Gasteiger partial charge on any atom is 0.390 e. The predicted octanol–water partition coefficient (Wildman–Crippen LogP) is 5.80. The maximum absolute atomic E-state index is 12.8. The Labute approximate surface area is 217 Å². The molecule has 2 heterocycles. The minimum absolute atomic E-state index is 0.198. The van der Waals surface area contributed by atoms with Crippen molar-refractivity contribution < 1.29 is 27.5 Å². The van der Waals surface area contributed by atoms with E-state index in [1.54, 1.807) is 50.5 Å². The highest BCUT2D eigenvalue weighted by Crippen LogP contribution is 2.32. The van der Waals surface area contributed by atoms with Crippen LogP contribution in [0.5, 0.6) is 0 Å². The highest BCUT2D eigenvalue weighted by molar-refractivity contribution is 5.96. The number of imidazole rings is 1.